The Balaban J connectivity index is 1.58. The molecule has 1 heterocycles. The maximum Gasteiger partial charge on any atom is 0.260 e. The second-order valence-corrected chi connectivity index (χ2v) is 8.44. The lowest BCUT2D eigenvalue weighted by molar-refractivity contribution is -0.139. The lowest BCUT2D eigenvalue weighted by Crippen LogP contribution is -2.49. The number of likely N-dealkylation sites (tertiary alicyclic amines) is 1. The third-order valence-electron chi connectivity index (χ3n) is 5.79. The van der Waals surface area contributed by atoms with E-state index in [1.807, 2.05) is 29.2 Å². The molecule has 30 heavy (non-hydrogen) atoms. The number of hydrogen-bond donors (Lipinski definition) is 1. The Bertz CT molecular complexity index is 866. The van der Waals surface area contributed by atoms with Crippen molar-refractivity contribution < 1.29 is 14.3 Å². The third-order valence-corrected chi connectivity index (χ3v) is 5.79. The molecule has 1 N–H and O–H groups in total. The Labute approximate surface area is 179 Å². The van der Waals surface area contributed by atoms with Crippen LogP contribution in [0.25, 0.3) is 0 Å². The van der Waals surface area contributed by atoms with Crippen LogP contribution in [0.5, 0.6) is 5.75 Å². The van der Waals surface area contributed by atoms with Crippen LogP contribution in [0, 0.1) is 0 Å². The fourth-order valence-corrected chi connectivity index (χ4v) is 4.14. The van der Waals surface area contributed by atoms with Crippen molar-refractivity contribution in [2.24, 2.45) is 0 Å². The van der Waals surface area contributed by atoms with E-state index in [4.69, 9.17) is 4.74 Å². The molecule has 160 valence electrons. The largest absolute Gasteiger partial charge is 0.484 e. The molecule has 1 aliphatic rings. The number of benzene rings is 2. The molecule has 2 amide bonds. The van der Waals surface area contributed by atoms with Crippen LogP contribution in [0.3, 0.4) is 0 Å². The quantitative estimate of drug-likeness (QED) is 0.712. The molecule has 1 aliphatic heterocycles. The van der Waals surface area contributed by atoms with Gasteiger partial charge in [-0.15, -0.1) is 0 Å². The summed E-state index contributed by atoms with van der Waals surface area (Å²) in [6.45, 7) is 8.41. The minimum absolute atomic E-state index is 0.0156. The number of piperidine rings is 1. The van der Waals surface area contributed by atoms with E-state index in [0.717, 1.165) is 30.5 Å². The fraction of sp³-hybridized carbons (Fsp3) is 0.440. The lowest BCUT2D eigenvalue weighted by Gasteiger charge is -2.38. The van der Waals surface area contributed by atoms with Crippen molar-refractivity contribution in [3.8, 4) is 5.75 Å². The van der Waals surface area contributed by atoms with Gasteiger partial charge in [-0.1, -0.05) is 32.0 Å². The number of anilines is 1. The highest BCUT2D eigenvalue weighted by atomic mass is 16.5. The van der Waals surface area contributed by atoms with Crippen LogP contribution in [0.15, 0.2) is 48.5 Å². The molecular formula is C25H32N2O3. The number of nitrogens with one attached hydrogen (secondary N) is 1. The van der Waals surface area contributed by atoms with E-state index < -0.39 is 0 Å². The zero-order valence-electron chi connectivity index (χ0n) is 18.4. The molecule has 2 atom stereocenters. The summed E-state index contributed by atoms with van der Waals surface area (Å²) in [6.07, 6.45) is 3.25. The molecule has 3 rings (SSSR count). The summed E-state index contributed by atoms with van der Waals surface area (Å²) < 4.78 is 5.70. The van der Waals surface area contributed by atoms with Gasteiger partial charge in [0, 0.05) is 23.3 Å². The van der Waals surface area contributed by atoms with Crippen molar-refractivity contribution in [3.63, 3.8) is 0 Å². The first-order valence-electron chi connectivity index (χ1n) is 10.8. The van der Waals surface area contributed by atoms with Crippen LogP contribution in [0.4, 0.5) is 5.69 Å². The molecule has 0 aliphatic carbocycles. The molecular weight excluding hydrogens is 376 g/mol. The van der Waals surface area contributed by atoms with Crippen molar-refractivity contribution in [1.29, 1.82) is 0 Å². The van der Waals surface area contributed by atoms with Crippen LogP contribution in [0.2, 0.25) is 0 Å². The van der Waals surface area contributed by atoms with Crippen molar-refractivity contribution in [2.75, 3.05) is 11.9 Å². The lowest BCUT2D eigenvalue weighted by atomic mass is 9.97. The molecule has 5 heteroatoms. The topological polar surface area (TPSA) is 58.6 Å². The van der Waals surface area contributed by atoms with Gasteiger partial charge in [-0.05, 0) is 74.9 Å². The molecule has 0 radical (unpaired) electrons. The van der Waals surface area contributed by atoms with Gasteiger partial charge in [0.05, 0.1) is 0 Å². The Morgan fingerprint density at radius 3 is 2.30 bits per heavy atom. The average molecular weight is 409 g/mol. The number of ether oxygens (including phenoxy) is 1. The first-order chi connectivity index (χ1) is 14.4. The number of amides is 2. The summed E-state index contributed by atoms with van der Waals surface area (Å²) in [7, 11) is 0. The first-order valence-corrected chi connectivity index (χ1v) is 10.8. The number of hydrogen-bond acceptors (Lipinski definition) is 3. The van der Waals surface area contributed by atoms with Crippen LogP contribution >= 0.6 is 0 Å². The molecule has 0 saturated carbocycles. The van der Waals surface area contributed by atoms with Gasteiger partial charge in [0.2, 0.25) is 0 Å². The predicted molar refractivity (Wildman–Crippen MR) is 120 cm³/mol. The highest BCUT2D eigenvalue weighted by molar-refractivity contribution is 6.04. The predicted octanol–water partition coefficient (Wildman–Crippen LogP) is 5.23. The van der Waals surface area contributed by atoms with E-state index in [1.165, 1.54) is 0 Å². The van der Waals surface area contributed by atoms with Gasteiger partial charge in [-0.3, -0.25) is 9.59 Å². The maximum absolute atomic E-state index is 12.6. The molecule has 0 aromatic heterocycles. The molecule has 2 aromatic carbocycles. The third kappa shape index (κ3) is 5.21. The maximum atomic E-state index is 12.6. The summed E-state index contributed by atoms with van der Waals surface area (Å²) in [5.74, 6) is 0.753. The van der Waals surface area contributed by atoms with Crippen molar-refractivity contribution in [2.45, 2.75) is 65.0 Å². The van der Waals surface area contributed by atoms with Crippen LogP contribution < -0.4 is 10.1 Å². The van der Waals surface area contributed by atoms with Crippen LogP contribution in [0.1, 0.15) is 68.8 Å². The van der Waals surface area contributed by atoms with E-state index in [1.54, 1.807) is 24.3 Å². The van der Waals surface area contributed by atoms with Gasteiger partial charge < -0.3 is 15.0 Å². The van der Waals surface area contributed by atoms with E-state index in [9.17, 15) is 9.59 Å². The molecule has 1 fully saturated rings. The average Bonchev–Trinajstić information content (AvgIpc) is 2.72. The van der Waals surface area contributed by atoms with Crippen molar-refractivity contribution in [3.05, 3.63) is 59.7 Å². The zero-order chi connectivity index (χ0) is 21.7. The highest BCUT2D eigenvalue weighted by Crippen LogP contribution is 2.25. The standard InChI is InChI=1S/C25H32N2O3/c1-17(2)22-10-5-6-11-23(22)26-25(29)20-12-14-21(15-13-20)30-16-24(28)27-18(3)8-7-9-19(27)4/h5-6,10-15,17-19H,7-9,16H2,1-4H3,(H,26,29)/t18-,19+. The van der Waals surface area contributed by atoms with Crippen LogP contribution in [-0.2, 0) is 4.79 Å². The SMILES string of the molecule is CC(C)c1ccccc1NC(=O)c1ccc(OCC(=O)N2[C@H](C)CCC[C@@H]2C)cc1. The van der Waals surface area contributed by atoms with Crippen LogP contribution in [-0.4, -0.2) is 35.4 Å². The molecule has 0 unspecified atom stereocenters. The summed E-state index contributed by atoms with van der Waals surface area (Å²) in [6, 6.07) is 15.3. The van der Waals surface area contributed by atoms with Gasteiger partial charge >= 0.3 is 0 Å². The van der Waals surface area contributed by atoms with Crippen molar-refractivity contribution >= 4 is 17.5 Å². The number of carbonyl (C=O) groups is 2. The molecule has 0 bridgehead atoms. The Morgan fingerprint density at radius 2 is 1.67 bits per heavy atom. The van der Waals surface area contributed by atoms with Crippen molar-refractivity contribution in [1.82, 2.24) is 4.90 Å². The number of para-hydroxylation sites is 1. The zero-order valence-corrected chi connectivity index (χ0v) is 18.4. The van der Waals surface area contributed by atoms with E-state index in [2.05, 4.69) is 33.0 Å². The van der Waals surface area contributed by atoms with Gasteiger partial charge in [0.1, 0.15) is 5.75 Å². The van der Waals surface area contributed by atoms with E-state index in [0.29, 0.717) is 17.2 Å². The van der Waals surface area contributed by atoms with E-state index >= 15 is 0 Å². The Kier molecular flexibility index (Phi) is 7.14. The Morgan fingerprint density at radius 1 is 1.03 bits per heavy atom. The normalized spacial score (nSPS) is 18.9. The molecule has 2 aromatic rings. The summed E-state index contributed by atoms with van der Waals surface area (Å²) in [5, 5.41) is 2.99. The van der Waals surface area contributed by atoms with Gasteiger partial charge in [0.25, 0.3) is 11.8 Å². The fourth-order valence-electron chi connectivity index (χ4n) is 4.14. The van der Waals surface area contributed by atoms with E-state index in [-0.39, 0.29) is 30.5 Å². The summed E-state index contributed by atoms with van der Waals surface area (Å²) in [4.78, 5) is 27.2. The number of rotatable bonds is 6. The highest BCUT2D eigenvalue weighted by Gasteiger charge is 2.29. The number of carbonyl (C=O) groups excluding carboxylic acids is 2. The van der Waals surface area contributed by atoms with Gasteiger partial charge in [0.15, 0.2) is 6.61 Å². The summed E-state index contributed by atoms with van der Waals surface area (Å²) in [5.41, 5.74) is 2.48. The Hall–Kier alpha value is -2.82. The minimum Gasteiger partial charge on any atom is -0.484 e. The second kappa shape index (κ2) is 9.79. The van der Waals surface area contributed by atoms with Gasteiger partial charge in [-0.2, -0.15) is 0 Å². The summed E-state index contributed by atoms with van der Waals surface area (Å²) >= 11 is 0. The molecule has 0 spiro atoms. The number of nitrogens with zero attached hydrogens (tertiary/aromatic N) is 1. The first kappa shape index (κ1) is 21.9. The van der Waals surface area contributed by atoms with Gasteiger partial charge in [-0.25, -0.2) is 0 Å². The monoisotopic (exact) mass is 408 g/mol. The molecule has 5 nitrogen and oxygen atoms in total. The smallest absolute Gasteiger partial charge is 0.260 e. The second-order valence-electron chi connectivity index (χ2n) is 8.44. The minimum atomic E-state index is -0.165. The molecule has 1 saturated heterocycles.